The van der Waals surface area contributed by atoms with E-state index in [9.17, 15) is 0 Å². The second-order valence-electron chi connectivity index (χ2n) is 3.50. The minimum absolute atomic E-state index is 0.390. The Morgan fingerprint density at radius 2 is 2.25 bits per heavy atom. The minimum Gasteiger partial charge on any atom is -0.432 e. The van der Waals surface area contributed by atoms with Crippen molar-refractivity contribution in [2.75, 3.05) is 11.9 Å². The van der Waals surface area contributed by atoms with E-state index in [1.54, 1.807) is 12.5 Å². The van der Waals surface area contributed by atoms with E-state index in [0.717, 1.165) is 11.4 Å². The second kappa shape index (κ2) is 4.76. The zero-order chi connectivity index (χ0) is 11.4. The molecule has 2 aromatic rings. The number of anilines is 1. The molecule has 5 nitrogen and oxygen atoms in total. The van der Waals surface area contributed by atoms with E-state index in [1.165, 1.54) is 0 Å². The Morgan fingerprint density at radius 3 is 2.88 bits per heavy atom. The van der Waals surface area contributed by atoms with E-state index >= 15 is 0 Å². The summed E-state index contributed by atoms with van der Waals surface area (Å²) >= 11 is 0. The van der Waals surface area contributed by atoms with Gasteiger partial charge in [-0.25, -0.2) is 0 Å². The third-order valence-corrected chi connectivity index (χ3v) is 2.20. The molecular weight excluding hydrogens is 204 g/mol. The van der Waals surface area contributed by atoms with E-state index in [4.69, 9.17) is 10.2 Å². The van der Waals surface area contributed by atoms with Gasteiger partial charge in [0, 0.05) is 19.8 Å². The standard InChI is InChI=1S/C11H14N4O/c1-15(7-9-4-2-3-5-13-9)11-14-10(6-12)8-16-11/h2-5,8H,6-7,12H2,1H3. The number of nitrogens with two attached hydrogens (primary N) is 1. The van der Waals surface area contributed by atoms with Crippen molar-refractivity contribution in [2.24, 2.45) is 5.73 Å². The molecule has 0 radical (unpaired) electrons. The van der Waals surface area contributed by atoms with Gasteiger partial charge in [-0.05, 0) is 12.1 Å². The van der Waals surface area contributed by atoms with Crippen LogP contribution in [0.5, 0.6) is 0 Å². The molecule has 0 atom stereocenters. The largest absolute Gasteiger partial charge is 0.432 e. The molecule has 0 saturated heterocycles. The quantitative estimate of drug-likeness (QED) is 0.834. The van der Waals surface area contributed by atoms with Gasteiger partial charge in [-0.15, -0.1) is 0 Å². The maximum atomic E-state index is 5.46. The summed E-state index contributed by atoms with van der Waals surface area (Å²) in [5.74, 6) is 0. The molecule has 0 aromatic carbocycles. The van der Waals surface area contributed by atoms with Gasteiger partial charge in [0.1, 0.15) is 6.26 Å². The molecule has 0 fully saturated rings. The number of hydrogen-bond acceptors (Lipinski definition) is 5. The molecule has 2 aromatic heterocycles. The van der Waals surface area contributed by atoms with Gasteiger partial charge in [0.05, 0.1) is 17.9 Å². The predicted molar refractivity (Wildman–Crippen MR) is 60.7 cm³/mol. The molecule has 16 heavy (non-hydrogen) atoms. The van der Waals surface area contributed by atoms with Crippen LogP contribution in [0.1, 0.15) is 11.4 Å². The van der Waals surface area contributed by atoms with Gasteiger partial charge in [-0.1, -0.05) is 6.07 Å². The normalized spacial score (nSPS) is 10.4. The van der Waals surface area contributed by atoms with Crippen molar-refractivity contribution in [1.29, 1.82) is 0 Å². The van der Waals surface area contributed by atoms with Gasteiger partial charge in [0.15, 0.2) is 0 Å². The fraction of sp³-hybridized carbons (Fsp3) is 0.273. The molecule has 2 heterocycles. The average Bonchev–Trinajstić information content (AvgIpc) is 2.79. The molecule has 2 rings (SSSR count). The topological polar surface area (TPSA) is 68.2 Å². The number of hydrogen-bond donors (Lipinski definition) is 1. The molecule has 0 aliphatic carbocycles. The molecule has 5 heteroatoms. The summed E-state index contributed by atoms with van der Waals surface area (Å²) in [7, 11) is 1.90. The zero-order valence-corrected chi connectivity index (χ0v) is 9.13. The van der Waals surface area contributed by atoms with Crippen LogP contribution in [0.15, 0.2) is 35.1 Å². The second-order valence-corrected chi connectivity index (χ2v) is 3.50. The molecule has 0 aliphatic rings. The van der Waals surface area contributed by atoms with Crippen LogP contribution in [0.4, 0.5) is 6.01 Å². The monoisotopic (exact) mass is 218 g/mol. The first-order valence-electron chi connectivity index (χ1n) is 5.05. The minimum atomic E-state index is 0.390. The molecule has 0 spiro atoms. The molecule has 0 amide bonds. The van der Waals surface area contributed by atoms with Gasteiger partial charge < -0.3 is 15.1 Å². The highest BCUT2D eigenvalue weighted by atomic mass is 16.4. The van der Waals surface area contributed by atoms with Crippen LogP contribution in [0.3, 0.4) is 0 Å². The molecule has 0 bridgehead atoms. The van der Waals surface area contributed by atoms with Crippen molar-refractivity contribution in [1.82, 2.24) is 9.97 Å². The molecule has 0 unspecified atom stereocenters. The number of nitrogens with zero attached hydrogens (tertiary/aromatic N) is 3. The Morgan fingerprint density at radius 1 is 1.38 bits per heavy atom. The third kappa shape index (κ3) is 2.38. The average molecular weight is 218 g/mol. The van der Waals surface area contributed by atoms with E-state index in [1.807, 2.05) is 30.1 Å². The van der Waals surface area contributed by atoms with Crippen LogP contribution >= 0.6 is 0 Å². The highest BCUT2D eigenvalue weighted by Gasteiger charge is 2.08. The maximum Gasteiger partial charge on any atom is 0.297 e. The van der Waals surface area contributed by atoms with Crippen molar-refractivity contribution < 1.29 is 4.42 Å². The molecule has 84 valence electrons. The van der Waals surface area contributed by atoms with Crippen LogP contribution in [0.25, 0.3) is 0 Å². The van der Waals surface area contributed by atoms with E-state index in [0.29, 0.717) is 19.1 Å². The lowest BCUT2D eigenvalue weighted by molar-refractivity contribution is 0.542. The van der Waals surface area contributed by atoms with Crippen molar-refractivity contribution in [2.45, 2.75) is 13.1 Å². The number of rotatable bonds is 4. The lowest BCUT2D eigenvalue weighted by Gasteiger charge is -2.13. The maximum absolute atomic E-state index is 5.46. The first-order chi connectivity index (χ1) is 7.79. The summed E-state index contributed by atoms with van der Waals surface area (Å²) < 4.78 is 5.30. The fourth-order valence-corrected chi connectivity index (χ4v) is 1.37. The molecule has 0 saturated carbocycles. The highest BCUT2D eigenvalue weighted by Crippen LogP contribution is 2.13. The molecule has 2 N–H and O–H groups in total. The van der Waals surface area contributed by atoms with Gasteiger partial charge in [0.25, 0.3) is 6.01 Å². The van der Waals surface area contributed by atoms with Crippen molar-refractivity contribution in [3.05, 3.63) is 42.0 Å². The van der Waals surface area contributed by atoms with Gasteiger partial charge in [0.2, 0.25) is 0 Å². The summed E-state index contributed by atoms with van der Waals surface area (Å²) in [5, 5.41) is 0. The zero-order valence-electron chi connectivity index (χ0n) is 9.13. The Balaban J connectivity index is 2.05. The highest BCUT2D eigenvalue weighted by molar-refractivity contribution is 5.26. The SMILES string of the molecule is CN(Cc1ccccn1)c1nc(CN)co1. The number of pyridine rings is 1. The smallest absolute Gasteiger partial charge is 0.297 e. The van der Waals surface area contributed by atoms with Crippen molar-refractivity contribution in [3.8, 4) is 0 Å². The lowest BCUT2D eigenvalue weighted by Crippen LogP contribution is -2.17. The van der Waals surface area contributed by atoms with Crippen molar-refractivity contribution in [3.63, 3.8) is 0 Å². The van der Waals surface area contributed by atoms with Gasteiger partial charge >= 0.3 is 0 Å². The first kappa shape index (κ1) is 10.6. The van der Waals surface area contributed by atoms with Gasteiger partial charge in [-0.3, -0.25) is 4.98 Å². The molecular formula is C11H14N4O. The summed E-state index contributed by atoms with van der Waals surface area (Å²) in [6.45, 7) is 1.05. The lowest BCUT2D eigenvalue weighted by atomic mass is 10.3. The van der Waals surface area contributed by atoms with Crippen LogP contribution in [-0.2, 0) is 13.1 Å². The van der Waals surface area contributed by atoms with E-state index in [2.05, 4.69) is 9.97 Å². The Kier molecular flexibility index (Phi) is 3.16. The van der Waals surface area contributed by atoms with Crippen molar-refractivity contribution >= 4 is 6.01 Å². The Bertz CT molecular complexity index is 440. The Labute approximate surface area is 93.9 Å². The number of aromatic nitrogens is 2. The fourth-order valence-electron chi connectivity index (χ4n) is 1.37. The predicted octanol–water partition coefficient (Wildman–Crippen LogP) is 1.16. The Hall–Kier alpha value is -1.88. The van der Waals surface area contributed by atoms with Crippen LogP contribution in [0, 0.1) is 0 Å². The van der Waals surface area contributed by atoms with Crippen LogP contribution in [0.2, 0.25) is 0 Å². The number of oxazole rings is 1. The third-order valence-electron chi connectivity index (χ3n) is 2.20. The van der Waals surface area contributed by atoms with E-state index < -0.39 is 0 Å². The molecule has 0 aliphatic heterocycles. The summed E-state index contributed by atoms with van der Waals surface area (Å²) in [6, 6.07) is 6.37. The summed E-state index contributed by atoms with van der Waals surface area (Å²) in [5.41, 5.74) is 7.19. The van der Waals surface area contributed by atoms with Crippen LogP contribution < -0.4 is 10.6 Å². The van der Waals surface area contributed by atoms with Gasteiger partial charge in [-0.2, -0.15) is 4.98 Å². The first-order valence-corrected chi connectivity index (χ1v) is 5.05. The summed E-state index contributed by atoms with van der Waals surface area (Å²) in [6.07, 6.45) is 3.34. The van der Waals surface area contributed by atoms with Crippen LogP contribution in [-0.4, -0.2) is 17.0 Å². The van der Waals surface area contributed by atoms with E-state index in [-0.39, 0.29) is 0 Å². The summed E-state index contributed by atoms with van der Waals surface area (Å²) in [4.78, 5) is 10.4.